The van der Waals surface area contributed by atoms with Crippen molar-refractivity contribution in [1.29, 1.82) is 0 Å². The number of benzene rings is 2. The van der Waals surface area contributed by atoms with Crippen LogP contribution in [-0.4, -0.2) is 35.9 Å². The maximum absolute atomic E-state index is 12.2. The van der Waals surface area contributed by atoms with Crippen LogP contribution in [0.15, 0.2) is 47.0 Å². The number of rotatable bonds is 8. The number of ether oxygens (including phenoxy) is 2. The number of fused-ring (bicyclic) bond motifs is 1. The molecule has 1 amide bonds. The number of hydrogen-bond acceptors (Lipinski definition) is 6. The zero-order valence-corrected chi connectivity index (χ0v) is 14.8. The summed E-state index contributed by atoms with van der Waals surface area (Å²) in [7, 11) is 1.61. The monoisotopic (exact) mass is 355 g/mol. The summed E-state index contributed by atoms with van der Waals surface area (Å²) in [6, 6.07) is 13.7. The van der Waals surface area contributed by atoms with E-state index in [2.05, 4.69) is 15.5 Å². The third kappa shape index (κ3) is 4.58. The van der Waals surface area contributed by atoms with Gasteiger partial charge in [-0.3, -0.25) is 4.79 Å². The van der Waals surface area contributed by atoms with Crippen LogP contribution in [0, 0.1) is 0 Å². The summed E-state index contributed by atoms with van der Waals surface area (Å²) in [5.41, 5.74) is 0. The van der Waals surface area contributed by atoms with Crippen LogP contribution in [0.5, 0.6) is 5.75 Å². The molecule has 2 aromatic carbocycles. The van der Waals surface area contributed by atoms with Crippen LogP contribution in [0.3, 0.4) is 0 Å². The van der Waals surface area contributed by atoms with E-state index in [1.54, 1.807) is 14.0 Å². The lowest BCUT2D eigenvalue weighted by atomic mass is 10.1. The third-order valence-electron chi connectivity index (χ3n) is 3.85. The summed E-state index contributed by atoms with van der Waals surface area (Å²) in [6.45, 7) is 2.39. The van der Waals surface area contributed by atoms with Gasteiger partial charge in [0.2, 0.25) is 5.89 Å². The number of aromatic nitrogens is 2. The lowest BCUT2D eigenvalue weighted by molar-refractivity contribution is -0.127. The number of carbonyl (C=O) groups is 1. The second-order valence-electron chi connectivity index (χ2n) is 5.83. The van der Waals surface area contributed by atoms with Crippen molar-refractivity contribution in [3.63, 3.8) is 0 Å². The summed E-state index contributed by atoms with van der Waals surface area (Å²) in [5.74, 6) is 1.30. The fraction of sp³-hybridized carbons (Fsp3) is 0.316. The minimum atomic E-state index is -0.643. The van der Waals surface area contributed by atoms with Crippen molar-refractivity contribution in [3.05, 3.63) is 54.2 Å². The van der Waals surface area contributed by atoms with Crippen molar-refractivity contribution in [2.75, 3.05) is 13.7 Å². The third-order valence-corrected chi connectivity index (χ3v) is 3.85. The van der Waals surface area contributed by atoms with Gasteiger partial charge in [0.25, 0.3) is 5.91 Å². The van der Waals surface area contributed by atoms with Gasteiger partial charge >= 0.3 is 0 Å². The number of nitrogens with zero attached hydrogens (tertiary/aromatic N) is 2. The Kier molecular flexibility index (Phi) is 5.80. The van der Waals surface area contributed by atoms with Crippen molar-refractivity contribution in [3.8, 4) is 5.75 Å². The van der Waals surface area contributed by atoms with E-state index in [-0.39, 0.29) is 12.5 Å². The van der Waals surface area contributed by atoms with Gasteiger partial charge < -0.3 is 19.3 Å². The van der Waals surface area contributed by atoms with Crippen molar-refractivity contribution >= 4 is 16.7 Å². The average Bonchev–Trinajstić information content (AvgIpc) is 3.12. The highest BCUT2D eigenvalue weighted by Crippen LogP contribution is 2.21. The molecule has 0 bridgehead atoms. The smallest absolute Gasteiger partial charge is 0.261 e. The van der Waals surface area contributed by atoms with Gasteiger partial charge in [0.15, 0.2) is 11.9 Å². The van der Waals surface area contributed by atoms with E-state index in [1.165, 1.54) is 0 Å². The fourth-order valence-corrected chi connectivity index (χ4v) is 2.46. The van der Waals surface area contributed by atoms with Crippen LogP contribution in [0.1, 0.15) is 18.6 Å². The molecule has 3 aromatic rings. The Balaban J connectivity index is 1.53. The number of hydrogen-bond donors (Lipinski definition) is 1. The Morgan fingerprint density at radius 2 is 2.04 bits per heavy atom. The van der Waals surface area contributed by atoms with Crippen molar-refractivity contribution in [2.45, 2.75) is 26.0 Å². The summed E-state index contributed by atoms with van der Waals surface area (Å²) in [4.78, 5) is 16.4. The first kappa shape index (κ1) is 17.9. The molecule has 1 aromatic heterocycles. The summed E-state index contributed by atoms with van der Waals surface area (Å²) < 4.78 is 15.8. The van der Waals surface area contributed by atoms with E-state index in [0.717, 1.165) is 10.8 Å². The van der Waals surface area contributed by atoms with Gasteiger partial charge in [0.05, 0.1) is 19.6 Å². The molecule has 0 spiro atoms. The molecule has 1 N–H and O–H groups in total. The van der Waals surface area contributed by atoms with Gasteiger partial charge in [-0.1, -0.05) is 35.5 Å². The van der Waals surface area contributed by atoms with Crippen LogP contribution in [-0.2, 0) is 22.5 Å². The van der Waals surface area contributed by atoms with Crippen molar-refractivity contribution in [1.82, 2.24) is 15.5 Å². The van der Waals surface area contributed by atoms with Crippen LogP contribution < -0.4 is 10.1 Å². The maximum atomic E-state index is 12.2. The Bertz CT molecular complexity index is 878. The molecule has 136 valence electrons. The molecule has 0 fully saturated rings. The molecule has 0 aliphatic carbocycles. The number of methoxy groups -OCH3 is 1. The second kappa shape index (κ2) is 8.44. The average molecular weight is 355 g/mol. The lowest BCUT2D eigenvalue weighted by Crippen LogP contribution is -2.36. The van der Waals surface area contributed by atoms with E-state index in [9.17, 15) is 4.79 Å². The SMILES string of the molecule is COCCc1nc(CNC(=O)[C@@H](C)Oc2ccc3ccccc3c2)no1. The molecule has 0 unspecified atom stereocenters. The normalized spacial score (nSPS) is 12.1. The molecule has 0 aliphatic rings. The predicted octanol–water partition coefficient (Wildman–Crippen LogP) is 2.50. The van der Waals surface area contributed by atoms with Crippen LogP contribution >= 0.6 is 0 Å². The first-order chi connectivity index (χ1) is 12.7. The standard InChI is InChI=1S/C19H21N3O4/c1-13(25-16-8-7-14-5-3-4-6-15(14)11-16)19(23)20-12-17-21-18(26-22-17)9-10-24-2/h3-8,11,13H,9-10,12H2,1-2H3,(H,20,23)/t13-/m1/s1. The van der Waals surface area contributed by atoms with Gasteiger partial charge in [0.1, 0.15) is 5.75 Å². The van der Waals surface area contributed by atoms with E-state index in [1.807, 2.05) is 42.5 Å². The molecule has 3 rings (SSSR count). The Morgan fingerprint density at radius 3 is 2.85 bits per heavy atom. The molecule has 0 saturated heterocycles. The molecule has 0 saturated carbocycles. The van der Waals surface area contributed by atoms with E-state index in [0.29, 0.717) is 30.5 Å². The van der Waals surface area contributed by atoms with E-state index in [4.69, 9.17) is 14.0 Å². The van der Waals surface area contributed by atoms with Gasteiger partial charge in [0, 0.05) is 7.11 Å². The highest BCUT2D eigenvalue weighted by molar-refractivity contribution is 5.84. The first-order valence-corrected chi connectivity index (χ1v) is 8.39. The number of amides is 1. The molecule has 0 aliphatic heterocycles. The number of carbonyl (C=O) groups excluding carboxylic acids is 1. The molecule has 26 heavy (non-hydrogen) atoms. The molecular formula is C19H21N3O4. The van der Waals surface area contributed by atoms with Gasteiger partial charge in [-0.05, 0) is 29.8 Å². The fourth-order valence-electron chi connectivity index (χ4n) is 2.46. The van der Waals surface area contributed by atoms with Crippen molar-refractivity contribution < 1.29 is 18.8 Å². The van der Waals surface area contributed by atoms with Crippen LogP contribution in [0.2, 0.25) is 0 Å². The Morgan fingerprint density at radius 1 is 1.23 bits per heavy atom. The second-order valence-corrected chi connectivity index (χ2v) is 5.83. The predicted molar refractivity (Wildman–Crippen MR) is 95.8 cm³/mol. The summed E-state index contributed by atoms with van der Waals surface area (Å²) >= 11 is 0. The topological polar surface area (TPSA) is 86.5 Å². The van der Waals surface area contributed by atoms with E-state index >= 15 is 0 Å². The molecule has 1 atom stereocenters. The Hall–Kier alpha value is -2.93. The zero-order chi connectivity index (χ0) is 18.4. The highest BCUT2D eigenvalue weighted by atomic mass is 16.5. The molecule has 0 radical (unpaired) electrons. The van der Waals surface area contributed by atoms with Crippen LogP contribution in [0.25, 0.3) is 10.8 Å². The first-order valence-electron chi connectivity index (χ1n) is 8.39. The zero-order valence-electron chi connectivity index (χ0n) is 14.8. The van der Waals surface area contributed by atoms with Gasteiger partial charge in [-0.15, -0.1) is 0 Å². The number of nitrogens with one attached hydrogen (secondary N) is 1. The largest absolute Gasteiger partial charge is 0.481 e. The summed E-state index contributed by atoms with van der Waals surface area (Å²) in [6.07, 6.45) is -0.102. The summed E-state index contributed by atoms with van der Waals surface area (Å²) in [5, 5.41) is 8.75. The quantitative estimate of drug-likeness (QED) is 0.668. The maximum Gasteiger partial charge on any atom is 0.261 e. The van der Waals surface area contributed by atoms with E-state index < -0.39 is 6.10 Å². The molecule has 1 heterocycles. The lowest BCUT2D eigenvalue weighted by Gasteiger charge is -2.14. The van der Waals surface area contributed by atoms with Crippen molar-refractivity contribution in [2.24, 2.45) is 0 Å². The Labute approximate surface area is 151 Å². The van der Waals surface area contributed by atoms with Gasteiger partial charge in [-0.2, -0.15) is 4.98 Å². The van der Waals surface area contributed by atoms with Gasteiger partial charge in [-0.25, -0.2) is 0 Å². The van der Waals surface area contributed by atoms with Crippen LogP contribution in [0.4, 0.5) is 0 Å². The molecular weight excluding hydrogens is 334 g/mol. The minimum absolute atomic E-state index is 0.181. The highest BCUT2D eigenvalue weighted by Gasteiger charge is 2.16. The molecule has 7 heteroatoms. The molecule has 7 nitrogen and oxygen atoms in total. The minimum Gasteiger partial charge on any atom is -0.481 e.